The molecule has 5 atom stereocenters. The molecule has 9 heteroatoms. The van der Waals surface area contributed by atoms with E-state index < -0.39 is 42.4 Å². The zero-order chi connectivity index (χ0) is 31.5. The average Bonchev–Trinajstić information content (AvgIpc) is 3.07. The fourth-order valence-electron chi connectivity index (χ4n) is 5.20. The molecule has 1 heterocycles. The summed E-state index contributed by atoms with van der Waals surface area (Å²) in [5, 5.41) is 9.63. The van der Waals surface area contributed by atoms with E-state index >= 15 is 8.78 Å². The molecule has 1 N–H and O–H groups in total. The third kappa shape index (κ3) is 8.81. The van der Waals surface area contributed by atoms with Gasteiger partial charge in [0.1, 0.15) is 24.4 Å². The number of carbonyl (C=O) groups is 1. The Morgan fingerprint density at radius 2 is 0.978 bits per heavy atom. The summed E-state index contributed by atoms with van der Waals surface area (Å²) in [6, 6.07) is 37.0. The summed E-state index contributed by atoms with van der Waals surface area (Å²) in [4.78, 5) is 11.9. The number of hydrogen-bond donors (Lipinski definition) is 1. The van der Waals surface area contributed by atoms with Gasteiger partial charge >= 0.3 is 11.9 Å². The Balaban J connectivity index is 1.48. The Morgan fingerprint density at radius 3 is 1.40 bits per heavy atom. The van der Waals surface area contributed by atoms with Crippen LogP contribution in [0.2, 0.25) is 0 Å². The van der Waals surface area contributed by atoms with Crippen LogP contribution < -0.4 is 0 Å². The molecule has 45 heavy (non-hydrogen) atoms. The number of rotatable bonds is 15. The predicted molar refractivity (Wildman–Crippen MR) is 162 cm³/mol. The van der Waals surface area contributed by atoms with Crippen LogP contribution in [0.3, 0.4) is 0 Å². The standard InChI is InChI=1S/C36H36F2O7/c37-36(38,35(39)40)34-33(44-24-29-19-11-4-12-20-29)32(43-23-28-17-9-3-10-18-28)31(42-22-27-15-7-2-8-16-27)30(45-34)25-41-21-26-13-5-1-6-14-26/h1-20,30-34H,21-25H2,(H,39,40). The average molecular weight is 619 g/mol. The van der Waals surface area contributed by atoms with Crippen LogP contribution >= 0.6 is 0 Å². The van der Waals surface area contributed by atoms with E-state index in [0.717, 1.165) is 16.7 Å². The minimum Gasteiger partial charge on any atom is -0.477 e. The van der Waals surface area contributed by atoms with Gasteiger partial charge in [0.25, 0.3) is 0 Å². The molecule has 1 aliphatic heterocycles. The normalized spacial score (nSPS) is 21.8. The molecule has 0 aromatic heterocycles. The maximum absolute atomic E-state index is 15.5. The van der Waals surface area contributed by atoms with Crippen molar-refractivity contribution in [3.63, 3.8) is 0 Å². The van der Waals surface area contributed by atoms with Crippen LogP contribution in [0.4, 0.5) is 8.78 Å². The van der Waals surface area contributed by atoms with Gasteiger partial charge < -0.3 is 28.8 Å². The van der Waals surface area contributed by atoms with E-state index in [4.69, 9.17) is 23.7 Å². The highest BCUT2D eigenvalue weighted by molar-refractivity contribution is 5.76. The fourth-order valence-corrected chi connectivity index (χ4v) is 5.20. The summed E-state index contributed by atoms with van der Waals surface area (Å²) < 4.78 is 61.8. The van der Waals surface area contributed by atoms with Crippen LogP contribution in [0.5, 0.6) is 0 Å². The first kappa shape index (κ1) is 32.4. The Bertz CT molecular complexity index is 1440. The van der Waals surface area contributed by atoms with Crippen molar-refractivity contribution in [2.75, 3.05) is 6.61 Å². The van der Waals surface area contributed by atoms with Gasteiger partial charge in [-0.05, 0) is 22.3 Å². The molecule has 1 fully saturated rings. The van der Waals surface area contributed by atoms with Crippen molar-refractivity contribution >= 4 is 5.97 Å². The summed E-state index contributed by atoms with van der Waals surface area (Å²) in [7, 11) is 0. The number of alkyl halides is 2. The second kappa shape index (κ2) is 15.8. The van der Waals surface area contributed by atoms with Crippen molar-refractivity contribution < 1.29 is 42.4 Å². The molecule has 0 bridgehead atoms. The van der Waals surface area contributed by atoms with E-state index in [-0.39, 0.29) is 33.0 Å². The van der Waals surface area contributed by atoms with Crippen molar-refractivity contribution in [2.45, 2.75) is 62.9 Å². The Kier molecular flexibility index (Phi) is 11.4. The number of carboxylic acids is 1. The highest BCUT2D eigenvalue weighted by atomic mass is 19.3. The maximum atomic E-state index is 15.5. The van der Waals surface area contributed by atoms with Gasteiger partial charge in [0.15, 0.2) is 6.10 Å². The minimum atomic E-state index is -4.31. The Labute approximate surface area is 261 Å². The van der Waals surface area contributed by atoms with Crippen molar-refractivity contribution in [3.8, 4) is 0 Å². The first-order chi connectivity index (χ1) is 21.9. The molecular weight excluding hydrogens is 582 g/mol. The highest BCUT2D eigenvalue weighted by Gasteiger charge is 2.61. The third-order valence-corrected chi connectivity index (χ3v) is 7.53. The van der Waals surface area contributed by atoms with Crippen molar-refractivity contribution in [1.82, 2.24) is 0 Å². The smallest absolute Gasteiger partial charge is 0.377 e. The lowest BCUT2D eigenvalue weighted by Gasteiger charge is -2.47. The quantitative estimate of drug-likeness (QED) is 0.164. The number of halogens is 2. The maximum Gasteiger partial charge on any atom is 0.377 e. The summed E-state index contributed by atoms with van der Waals surface area (Å²) >= 11 is 0. The number of aliphatic carboxylic acids is 1. The van der Waals surface area contributed by atoms with Gasteiger partial charge in [-0.25, -0.2) is 4.79 Å². The lowest BCUT2D eigenvalue weighted by Crippen LogP contribution is -2.66. The highest BCUT2D eigenvalue weighted by Crippen LogP contribution is 2.38. The van der Waals surface area contributed by atoms with E-state index in [1.807, 2.05) is 97.1 Å². The number of ether oxygens (including phenoxy) is 5. The van der Waals surface area contributed by atoms with Crippen LogP contribution in [0.15, 0.2) is 121 Å². The molecule has 236 valence electrons. The molecule has 4 aromatic rings. The lowest BCUT2D eigenvalue weighted by atomic mass is 9.90. The van der Waals surface area contributed by atoms with Crippen molar-refractivity contribution in [1.29, 1.82) is 0 Å². The van der Waals surface area contributed by atoms with Crippen LogP contribution in [0, 0.1) is 0 Å². The van der Waals surface area contributed by atoms with Gasteiger partial charge in [-0.1, -0.05) is 121 Å². The second-order valence-corrected chi connectivity index (χ2v) is 10.8. The largest absolute Gasteiger partial charge is 0.477 e. The number of benzene rings is 4. The number of carboxylic acid groups (broad SMARTS) is 1. The van der Waals surface area contributed by atoms with Crippen LogP contribution in [-0.4, -0.2) is 54.1 Å². The van der Waals surface area contributed by atoms with Crippen LogP contribution in [0.1, 0.15) is 22.3 Å². The molecule has 5 rings (SSSR count). The van der Waals surface area contributed by atoms with Gasteiger partial charge in [-0.15, -0.1) is 0 Å². The Morgan fingerprint density at radius 1 is 0.600 bits per heavy atom. The van der Waals surface area contributed by atoms with E-state index in [9.17, 15) is 9.90 Å². The van der Waals surface area contributed by atoms with Crippen molar-refractivity contribution in [2.24, 2.45) is 0 Å². The van der Waals surface area contributed by atoms with Crippen LogP contribution in [-0.2, 0) is 54.9 Å². The monoisotopic (exact) mass is 618 g/mol. The zero-order valence-corrected chi connectivity index (χ0v) is 24.6. The fraction of sp³-hybridized carbons (Fsp3) is 0.306. The van der Waals surface area contributed by atoms with Crippen LogP contribution in [0.25, 0.3) is 0 Å². The first-order valence-electron chi connectivity index (χ1n) is 14.8. The topological polar surface area (TPSA) is 83.5 Å². The molecule has 0 radical (unpaired) electrons. The van der Waals surface area contributed by atoms with Gasteiger partial charge in [-0.2, -0.15) is 8.78 Å². The second-order valence-electron chi connectivity index (χ2n) is 10.8. The first-order valence-corrected chi connectivity index (χ1v) is 14.8. The molecule has 0 amide bonds. The van der Waals surface area contributed by atoms with E-state index in [2.05, 4.69) is 0 Å². The molecule has 4 aromatic carbocycles. The molecule has 7 nitrogen and oxygen atoms in total. The molecule has 0 aliphatic carbocycles. The molecule has 0 saturated carbocycles. The summed E-state index contributed by atoms with van der Waals surface area (Å²) in [5.41, 5.74) is 3.24. The molecule has 5 unspecified atom stereocenters. The lowest BCUT2D eigenvalue weighted by molar-refractivity contribution is -0.307. The van der Waals surface area contributed by atoms with Crippen molar-refractivity contribution in [3.05, 3.63) is 144 Å². The summed E-state index contributed by atoms with van der Waals surface area (Å²) in [5.74, 6) is -6.63. The van der Waals surface area contributed by atoms with Gasteiger partial charge in [0.05, 0.1) is 33.0 Å². The summed E-state index contributed by atoms with van der Waals surface area (Å²) in [6.07, 6.45) is -6.91. The van der Waals surface area contributed by atoms with E-state index in [1.54, 1.807) is 24.3 Å². The SMILES string of the molecule is O=C(O)C(F)(F)C1OC(COCc2ccccc2)C(OCc2ccccc2)C(OCc2ccccc2)C1OCc1ccccc1. The summed E-state index contributed by atoms with van der Waals surface area (Å²) in [6.45, 7) is 0.130. The molecule has 0 spiro atoms. The Hall–Kier alpha value is -3.99. The van der Waals surface area contributed by atoms with Gasteiger partial charge in [0.2, 0.25) is 0 Å². The zero-order valence-electron chi connectivity index (χ0n) is 24.6. The molecule has 1 aliphatic rings. The van der Waals surface area contributed by atoms with Gasteiger partial charge in [0, 0.05) is 0 Å². The molecular formula is C36H36F2O7. The number of hydrogen-bond acceptors (Lipinski definition) is 6. The van der Waals surface area contributed by atoms with E-state index in [1.165, 1.54) is 0 Å². The van der Waals surface area contributed by atoms with E-state index in [0.29, 0.717) is 5.56 Å². The third-order valence-electron chi connectivity index (χ3n) is 7.53. The molecule has 1 saturated heterocycles. The minimum absolute atomic E-state index is 0.0465. The van der Waals surface area contributed by atoms with Gasteiger partial charge in [-0.3, -0.25) is 0 Å². The predicted octanol–water partition coefficient (Wildman–Crippen LogP) is 6.45.